The molecule has 26 heavy (non-hydrogen) atoms. The highest BCUT2D eigenvalue weighted by atomic mass is 16.5. The van der Waals surface area contributed by atoms with Crippen LogP contribution in [0.4, 0.5) is 0 Å². The first-order chi connectivity index (χ1) is 12.7. The number of nitrogens with one attached hydrogen (secondary N) is 3. The lowest BCUT2D eigenvalue weighted by Gasteiger charge is -2.27. The maximum absolute atomic E-state index is 12.7. The van der Waals surface area contributed by atoms with Crippen molar-refractivity contribution in [2.24, 2.45) is 0 Å². The topological polar surface area (TPSA) is 95.2 Å². The number of amides is 1. The highest BCUT2D eigenvalue weighted by Gasteiger charge is 2.18. The van der Waals surface area contributed by atoms with Gasteiger partial charge in [0.1, 0.15) is 11.2 Å². The first kappa shape index (κ1) is 16.5. The number of nitrogens with zero attached hydrogens (tertiary/aromatic N) is 3. The van der Waals surface area contributed by atoms with E-state index in [2.05, 4.69) is 25.7 Å². The second-order valence-corrected chi connectivity index (χ2v) is 6.03. The van der Waals surface area contributed by atoms with Crippen LogP contribution in [-0.4, -0.2) is 59.2 Å². The highest BCUT2D eigenvalue weighted by molar-refractivity contribution is 6.05. The van der Waals surface area contributed by atoms with Crippen molar-refractivity contribution in [1.82, 2.24) is 30.7 Å². The number of pyridine rings is 1. The quantitative estimate of drug-likeness (QED) is 0.653. The van der Waals surface area contributed by atoms with Gasteiger partial charge < -0.3 is 15.0 Å². The standard InChI is InChI=1S/C18H20N6O2/c1-26-15-7-3-6-14(20-15)17-21-13-5-2-4-12(16(13)22-17)18(25)23-24-10-8-19-9-11-24/h2-7,19H,8-11H2,1H3,(H,21,22)(H,23,25). The van der Waals surface area contributed by atoms with Crippen LogP contribution in [0.5, 0.6) is 5.88 Å². The third-order valence-electron chi connectivity index (χ3n) is 4.31. The number of aromatic amines is 1. The maximum atomic E-state index is 12.7. The van der Waals surface area contributed by atoms with Crippen molar-refractivity contribution in [2.75, 3.05) is 33.3 Å². The number of hydrazine groups is 1. The van der Waals surface area contributed by atoms with Crippen LogP contribution in [0.25, 0.3) is 22.6 Å². The van der Waals surface area contributed by atoms with E-state index in [1.807, 2.05) is 29.3 Å². The summed E-state index contributed by atoms with van der Waals surface area (Å²) in [4.78, 5) is 24.9. The molecule has 0 atom stereocenters. The molecule has 4 rings (SSSR count). The summed E-state index contributed by atoms with van der Waals surface area (Å²) in [7, 11) is 1.57. The smallest absolute Gasteiger partial charge is 0.267 e. The van der Waals surface area contributed by atoms with Crippen LogP contribution in [0.2, 0.25) is 0 Å². The molecule has 134 valence electrons. The average Bonchev–Trinajstić information content (AvgIpc) is 3.13. The molecule has 2 aromatic heterocycles. The minimum atomic E-state index is -0.158. The second-order valence-electron chi connectivity index (χ2n) is 6.03. The van der Waals surface area contributed by atoms with Crippen molar-refractivity contribution in [2.45, 2.75) is 0 Å². The van der Waals surface area contributed by atoms with Gasteiger partial charge in [-0.25, -0.2) is 15.0 Å². The van der Waals surface area contributed by atoms with E-state index in [1.54, 1.807) is 19.2 Å². The fourth-order valence-corrected chi connectivity index (χ4v) is 2.98. The summed E-state index contributed by atoms with van der Waals surface area (Å²) in [5.41, 5.74) is 5.57. The first-order valence-corrected chi connectivity index (χ1v) is 8.51. The minimum absolute atomic E-state index is 0.158. The number of benzene rings is 1. The Kier molecular flexibility index (Phi) is 4.51. The fourth-order valence-electron chi connectivity index (χ4n) is 2.98. The predicted octanol–water partition coefficient (Wildman–Crippen LogP) is 1.18. The zero-order valence-corrected chi connectivity index (χ0v) is 14.5. The molecule has 0 spiro atoms. The summed E-state index contributed by atoms with van der Waals surface area (Å²) in [5.74, 6) is 0.954. The van der Waals surface area contributed by atoms with E-state index in [0.29, 0.717) is 28.5 Å². The number of carbonyl (C=O) groups excluding carboxylic acids is 1. The van der Waals surface area contributed by atoms with Crippen LogP contribution in [-0.2, 0) is 0 Å². The van der Waals surface area contributed by atoms with Crippen LogP contribution in [0.15, 0.2) is 36.4 Å². The zero-order valence-electron chi connectivity index (χ0n) is 14.5. The Morgan fingerprint density at radius 1 is 1.15 bits per heavy atom. The lowest BCUT2D eigenvalue weighted by molar-refractivity contribution is 0.0766. The number of para-hydroxylation sites is 1. The lowest BCUT2D eigenvalue weighted by atomic mass is 10.2. The number of H-pyrrole nitrogens is 1. The average molecular weight is 352 g/mol. The molecule has 1 fully saturated rings. The van der Waals surface area contributed by atoms with Gasteiger partial charge >= 0.3 is 0 Å². The Hall–Kier alpha value is -2.97. The zero-order chi connectivity index (χ0) is 17.9. The van der Waals surface area contributed by atoms with Gasteiger partial charge in [-0.2, -0.15) is 0 Å². The maximum Gasteiger partial charge on any atom is 0.267 e. The van der Waals surface area contributed by atoms with Crippen LogP contribution >= 0.6 is 0 Å². The van der Waals surface area contributed by atoms with Crippen LogP contribution in [0, 0.1) is 0 Å². The molecule has 0 saturated carbocycles. The molecule has 0 radical (unpaired) electrons. The van der Waals surface area contributed by atoms with Crippen molar-refractivity contribution >= 4 is 16.9 Å². The molecular formula is C18H20N6O2. The van der Waals surface area contributed by atoms with E-state index in [1.165, 1.54) is 0 Å². The van der Waals surface area contributed by atoms with Crippen molar-refractivity contribution < 1.29 is 9.53 Å². The molecule has 8 heteroatoms. The predicted molar refractivity (Wildman–Crippen MR) is 97.8 cm³/mol. The van der Waals surface area contributed by atoms with E-state index in [0.717, 1.165) is 31.7 Å². The van der Waals surface area contributed by atoms with Crippen molar-refractivity contribution in [3.8, 4) is 17.4 Å². The Morgan fingerprint density at radius 2 is 1.96 bits per heavy atom. The van der Waals surface area contributed by atoms with Gasteiger partial charge in [0, 0.05) is 32.2 Å². The third-order valence-corrected chi connectivity index (χ3v) is 4.31. The molecule has 1 aliphatic heterocycles. The molecule has 3 aromatic rings. The van der Waals surface area contributed by atoms with E-state index in [-0.39, 0.29) is 5.91 Å². The number of piperazine rings is 1. The number of fused-ring (bicyclic) bond motifs is 1. The second kappa shape index (κ2) is 7.11. The van der Waals surface area contributed by atoms with Crippen LogP contribution in [0.1, 0.15) is 10.4 Å². The highest BCUT2D eigenvalue weighted by Crippen LogP contribution is 2.23. The molecule has 1 aliphatic rings. The van der Waals surface area contributed by atoms with Gasteiger partial charge in [0.15, 0.2) is 5.82 Å². The van der Waals surface area contributed by atoms with Crippen LogP contribution in [0.3, 0.4) is 0 Å². The van der Waals surface area contributed by atoms with Gasteiger partial charge in [-0.1, -0.05) is 12.1 Å². The molecular weight excluding hydrogens is 332 g/mol. The largest absolute Gasteiger partial charge is 0.481 e. The number of methoxy groups -OCH3 is 1. The van der Waals surface area contributed by atoms with E-state index in [4.69, 9.17) is 4.74 Å². The van der Waals surface area contributed by atoms with Gasteiger partial charge in [0.2, 0.25) is 5.88 Å². The van der Waals surface area contributed by atoms with Gasteiger partial charge in [-0.15, -0.1) is 0 Å². The number of carbonyl (C=O) groups is 1. The molecule has 8 nitrogen and oxygen atoms in total. The number of hydrogen-bond donors (Lipinski definition) is 3. The van der Waals surface area contributed by atoms with Crippen LogP contribution < -0.4 is 15.5 Å². The first-order valence-electron chi connectivity index (χ1n) is 8.51. The summed E-state index contributed by atoms with van der Waals surface area (Å²) in [6, 6.07) is 11.0. The number of hydrogen-bond acceptors (Lipinski definition) is 6. The third kappa shape index (κ3) is 3.24. The van der Waals surface area contributed by atoms with Gasteiger partial charge in [-0.05, 0) is 18.2 Å². The lowest BCUT2D eigenvalue weighted by Crippen LogP contribution is -2.52. The number of aromatic nitrogens is 3. The fraction of sp³-hybridized carbons (Fsp3) is 0.278. The van der Waals surface area contributed by atoms with E-state index >= 15 is 0 Å². The summed E-state index contributed by atoms with van der Waals surface area (Å²) in [5, 5.41) is 5.19. The molecule has 3 N–H and O–H groups in total. The monoisotopic (exact) mass is 352 g/mol. The molecule has 1 saturated heterocycles. The molecule has 3 heterocycles. The number of rotatable bonds is 4. The van der Waals surface area contributed by atoms with Gasteiger partial charge in [0.25, 0.3) is 5.91 Å². The van der Waals surface area contributed by atoms with E-state index < -0.39 is 0 Å². The SMILES string of the molecule is COc1cccc(-c2nc3c(C(=O)NN4CCNCC4)cccc3[nH]2)n1. The molecule has 0 bridgehead atoms. The Balaban J connectivity index is 1.65. The summed E-state index contributed by atoms with van der Waals surface area (Å²) >= 11 is 0. The number of imidazole rings is 1. The van der Waals surface area contributed by atoms with E-state index in [9.17, 15) is 4.79 Å². The van der Waals surface area contributed by atoms with Crippen molar-refractivity contribution in [1.29, 1.82) is 0 Å². The summed E-state index contributed by atoms with van der Waals surface area (Å²) < 4.78 is 5.17. The molecule has 0 aliphatic carbocycles. The normalized spacial score (nSPS) is 15.1. The van der Waals surface area contributed by atoms with Gasteiger partial charge in [0.05, 0.1) is 18.2 Å². The molecule has 0 unspecified atom stereocenters. The Morgan fingerprint density at radius 3 is 2.77 bits per heavy atom. The summed E-state index contributed by atoms with van der Waals surface area (Å²) in [6.45, 7) is 3.28. The Labute approximate surface area is 150 Å². The van der Waals surface area contributed by atoms with Crippen molar-refractivity contribution in [3.63, 3.8) is 0 Å². The number of ether oxygens (including phenoxy) is 1. The van der Waals surface area contributed by atoms with Crippen molar-refractivity contribution in [3.05, 3.63) is 42.0 Å². The molecule has 1 aromatic carbocycles. The van der Waals surface area contributed by atoms with Gasteiger partial charge in [-0.3, -0.25) is 10.2 Å². The Bertz CT molecular complexity index is 932. The summed E-state index contributed by atoms with van der Waals surface area (Å²) in [6.07, 6.45) is 0. The molecule has 1 amide bonds. The minimum Gasteiger partial charge on any atom is -0.481 e.